The van der Waals surface area contributed by atoms with E-state index in [2.05, 4.69) is 23.1 Å². The van der Waals surface area contributed by atoms with Crippen molar-refractivity contribution in [3.63, 3.8) is 0 Å². The van der Waals surface area contributed by atoms with Crippen LogP contribution in [-0.4, -0.2) is 36.5 Å². The summed E-state index contributed by atoms with van der Waals surface area (Å²) in [5.41, 5.74) is 3.94. The van der Waals surface area contributed by atoms with E-state index in [0.717, 1.165) is 31.2 Å². The predicted molar refractivity (Wildman–Crippen MR) is 85.7 cm³/mol. The van der Waals surface area contributed by atoms with E-state index in [1.807, 2.05) is 0 Å². The van der Waals surface area contributed by atoms with Gasteiger partial charge in [-0.2, -0.15) is 4.99 Å². The third-order valence-electron chi connectivity index (χ3n) is 3.80. The van der Waals surface area contributed by atoms with Gasteiger partial charge in [0.2, 0.25) is 0 Å². The predicted octanol–water partition coefficient (Wildman–Crippen LogP) is 3.55. The van der Waals surface area contributed by atoms with E-state index in [-0.39, 0.29) is 12.4 Å². The molecule has 2 aliphatic rings. The molecule has 1 saturated heterocycles. The fourth-order valence-electron chi connectivity index (χ4n) is 2.82. The van der Waals surface area contributed by atoms with Crippen LogP contribution in [0.25, 0.3) is 0 Å². The number of amidine groups is 1. The molecule has 0 amide bonds. The second kappa shape index (κ2) is 7.19. The molecule has 3 rings (SSSR count). The Morgan fingerprint density at radius 3 is 2.95 bits per heavy atom. The van der Waals surface area contributed by atoms with E-state index in [1.54, 1.807) is 0 Å². The second-order valence-corrected chi connectivity index (χ2v) is 5.42. The van der Waals surface area contributed by atoms with Gasteiger partial charge in [0.25, 0.3) is 6.02 Å². The molecular weight excluding hydrogens is 295 g/mol. The van der Waals surface area contributed by atoms with Gasteiger partial charge in [0.15, 0.2) is 0 Å². The molecule has 0 unspecified atom stereocenters. The van der Waals surface area contributed by atoms with Gasteiger partial charge in [-0.1, -0.05) is 12.1 Å². The van der Waals surface area contributed by atoms with Crippen LogP contribution >= 0.6 is 24.0 Å². The van der Waals surface area contributed by atoms with Crippen LogP contribution in [0.5, 0.6) is 0 Å². The Labute approximate surface area is 131 Å². The van der Waals surface area contributed by atoms with Gasteiger partial charge in [-0.15, -0.1) is 24.0 Å². The van der Waals surface area contributed by atoms with Gasteiger partial charge < -0.3 is 9.64 Å². The molecule has 0 spiro atoms. The first-order chi connectivity index (χ1) is 9.38. The molecule has 3 nitrogen and oxygen atoms in total. The van der Waals surface area contributed by atoms with Crippen molar-refractivity contribution in [1.82, 2.24) is 4.90 Å². The number of fused-ring (bicyclic) bond motifs is 1. The fraction of sp³-hybridized carbons (Fsp3) is 0.533. The minimum absolute atomic E-state index is 0. The Bertz CT molecular complexity index is 491. The monoisotopic (exact) mass is 314 g/mol. The van der Waals surface area contributed by atoms with Crippen molar-refractivity contribution in [2.75, 3.05) is 25.6 Å². The van der Waals surface area contributed by atoms with Crippen molar-refractivity contribution in [1.29, 1.82) is 0 Å². The largest absolute Gasteiger partial charge is 0.463 e. The summed E-state index contributed by atoms with van der Waals surface area (Å²) in [7, 11) is 0. The first-order valence-corrected chi connectivity index (χ1v) is 7.55. The van der Waals surface area contributed by atoms with E-state index >= 15 is 0 Å². The highest BCUT2D eigenvalue weighted by molar-refractivity contribution is 6.18. The zero-order chi connectivity index (χ0) is 13.1. The van der Waals surface area contributed by atoms with Crippen LogP contribution in [0, 0.1) is 0 Å². The number of halogens is 2. The lowest BCUT2D eigenvalue weighted by Gasteiger charge is -2.18. The first-order valence-electron chi connectivity index (χ1n) is 7.01. The van der Waals surface area contributed by atoms with Crippen LogP contribution < -0.4 is 0 Å². The van der Waals surface area contributed by atoms with Gasteiger partial charge in [0.05, 0.1) is 12.2 Å². The highest BCUT2D eigenvalue weighted by Crippen LogP contribution is 2.30. The van der Waals surface area contributed by atoms with Crippen LogP contribution in [-0.2, 0) is 17.6 Å². The normalized spacial score (nSPS) is 19.4. The average Bonchev–Trinajstić information content (AvgIpc) is 2.87. The van der Waals surface area contributed by atoms with Gasteiger partial charge in [-0.3, -0.25) is 0 Å². The summed E-state index contributed by atoms with van der Waals surface area (Å²) in [5, 5.41) is 0. The van der Waals surface area contributed by atoms with Crippen LogP contribution in [0.1, 0.15) is 24.0 Å². The fourth-order valence-corrected chi connectivity index (χ4v) is 3.02. The quantitative estimate of drug-likeness (QED) is 0.797. The summed E-state index contributed by atoms with van der Waals surface area (Å²) in [4.78, 5) is 6.85. The lowest BCUT2D eigenvalue weighted by Crippen LogP contribution is -2.27. The zero-order valence-corrected chi connectivity index (χ0v) is 13.1. The van der Waals surface area contributed by atoms with E-state index in [9.17, 15) is 0 Å². The minimum Gasteiger partial charge on any atom is -0.463 e. The molecule has 20 heavy (non-hydrogen) atoms. The maximum Gasteiger partial charge on any atom is 0.292 e. The smallest absolute Gasteiger partial charge is 0.292 e. The SMILES string of the molecule is Cl.ClCCN1CCOC1=Nc1cccc2c1CCCC2. The Balaban J connectivity index is 0.00000147. The molecule has 0 saturated carbocycles. The highest BCUT2D eigenvalue weighted by Gasteiger charge is 2.21. The molecule has 0 bridgehead atoms. The van der Waals surface area contributed by atoms with Gasteiger partial charge in [0, 0.05) is 12.4 Å². The summed E-state index contributed by atoms with van der Waals surface area (Å²) in [6.45, 7) is 2.40. The van der Waals surface area contributed by atoms with Crippen molar-refractivity contribution in [3.8, 4) is 0 Å². The zero-order valence-electron chi connectivity index (χ0n) is 11.5. The van der Waals surface area contributed by atoms with Crippen molar-refractivity contribution in [2.24, 2.45) is 4.99 Å². The Morgan fingerprint density at radius 2 is 2.10 bits per heavy atom. The summed E-state index contributed by atoms with van der Waals surface area (Å²) < 4.78 is 5.63. The highest BCUT2D eigenvalue weighted by atomic mass is 35.5. The standard InChI is InChI=1S/C15H19ClN2O.ClH/c16-8-9-18-10-11-19-15(18)17-14-7-3-5-12-4-1-2-6-13(12)14;/h3,5,7H,1-2,4,6,8-11H2;1H. The maximum atomic E-state index is 5.81. The molecule has 1 aliphatic heterocycles. The molecule has 1 fully saturated rings. The number of rotatable bonds is 3. The molecular formula is C15H20Cl2N2O. The van der Waals surface area contributed by atoms with Crippen molar-refractivity contribution < 1.29 is 4.74 Å². The van der Waals surface area contributed by atoms with Crippen molar-refractivity contribution >= 4 is 35.7 Å². The van der Waals surface area contributed by atoms with Crippen LogP contribution in [0.4, 0.5) is 5.69 Å². The molecule has 1 aromatic rings. The maximum absolute atomic E-state index is 5.81. The van der Waals surface area contributed by atoms with Crippen molar-refractivity contribution in [3.05, 3.63) is 29.3 Å². The van der Waals surface area contributed by atoms with Gasteiger partial charge >= 0.3 is 0 Å². The Hall–Kier alpha value is -0.930. The average molecular weight is 315 g/mol. The number of benzene rings is 1. The molecule has 1 aliphatic carbocycles. The Morgan fingerprint density at radius 1 is 1.25 bits per heavy atom. The summed E-state index contributed by atoms with van der Waals surface area (Å²) in [6.07, 6.45) is 4.88. The van der Waals surface area contributed by atoms with E-state index in [0.29, 0.717) is 12.5 Å². The van der Waals surface area contributed by atoms with E-state index < -0.39 is 0 Å². The second-order valence-electron chi connectivity index (χ2n) is 5.04. The van der Waals surface area contributed by atoms with E-state index in [1.165, 1.54) is 30.4 Å². The molecule has 110 valence electrons. The number of ether oxygens (including phenoxy) is 1. The van der Waals surface area contributed by atoms with Crippen LogP contribution in [0.2, 0.25) is 0 Å². The third kappa shape index (κ3) is 3.21. The molecule has 0 radical (unpaired) electrons. The number of nitrogens with zero attached hydrogens (tertiary/aromatic N) is 2. The number of hydrogen-bond acceptors (Lipinski definition) is 2. The Kier molecular flexibility index (Phi) is 5.55. The lowest BCUT2D eigenvalue weighted by atomic mass is 9.90. The van der Waals surface area contributed by atoms with Gasteiger partial charge in [-0.25, -0.2) is 0 Å². The van der Waals surface area contributed by atoms with E-state index in [4.69, 9.17) is 21.3 Å². The minimum atomic E-state index is 0. The summed E-state index contributed by atoms with van der Waals surface area (Å²) in [5.74, 6) is 0.606. The molecule has 0 N–H and O–H groups in total. The van der Waals surface area contributed by atoms with Gasteiger partial charge in [0.1, 0.15) is 6.61 Å². The number of alkyl halides is 1. The summed E-state index contributed by atoms with van der Waals surface area (Å²) in [6, 6.07) is 7.16. The van der Waals surface area contributed by atoms with Crippen LogP contribution in [0.15, 0.2) is 23.2 Å². The first kappa shape index (κ1) is 15.5. The number of aryl methyl sites for hydroxylation is 1. The molecule has 1 heterocycles. The molecule has 0 atom stereocenters. The van der Waals surface area contributed by atoms with Crippen LogP contribution in [0.3, 0.4) is 0 Å². The molecule has 1 aromatic carbocycles. The van der Waals surface area contributed by atoms with Crippen molar-refractivity contribution in [2.45, 2.75) is 25.7 Å². The van der Waals surface area contributed by atoms with Gasteiger partial charge in [-0.05, 0) is 42.9 Å². The lowest BCUT2D eigenvalue weighted by molar-refractivity contribution is 0.352. The molecule has 5 heteroatoms. The molecule has 0 aromatic heterocycles. The topological polar surface area (TPSA) is 24.8 Å². The summed E-state index contributed by atoms with van der Waals surface area (Å²) >= 11 is 5.81. The third-order valence-corrected chi connectivity index (χ3v) is 3.97. The number of aliphatic imine (C=N–C) groups is 1. The number of hydrogen-bond donors (Lipinski definition) is 0.